The van der Waals surface area contributed by atoms with Crippen LogP contribution in [-0.2, 0) is 11.2 Å². The first kappa shape index (κ1) is 14.1. The molecule has 1 aromatic carbocycles. The Balaban J connectivity index is 2.58. The summed E-state index contributed by atoms with van der Waals surface area (Å²) in [5.41, 5.74) is 1.25. The molecule has 0 unspecified atom stereocenters. The van der Waals surface area contributed by atoms with Crippen LogP contribution in [0.4, 0.5) is 0 Å². The summed E-state index contributed by atoms with van der Waals surface area (Å²) >= 11 is 10.4. The van der Waals surface area contributed by atoms with E-state index in [0.29, 0.717) is 6.42 Å². The quantitative estimate of drug-likeness (QED) is 0.496. The lowest BCUT2D eigenvalue weighted by molar-refractivity contribution is 0.556. The largest absolute Gasteiger partial charge is 0.291 e. The first-order valence-electron chi connectivity index (χ1n) is 4.78. The molecular formula is C12H10Br3O. The lowest BCUT2D eigenvalue weighted by atomic mass is 10.1. The Morgan fingerprint density at radius 3 is 2.31 bits per heavy atom. The summed E-state index contributed by atoms with van der Waals surface area (Å²) in [4.78, 5) is 9.97. The van der Waals surface area contributed by atoms with Crippen LogP contribution in [0.25, 0.3) is 0 Å². The second-order valence-corrected chi connectivity index (χ2v) is 5.73. The van der Waals surface area contributed by atoms with Crippen LogP contribution in [0.1, 0.15) is 18.4 Å². The van der Waals surface area contributed by atoms with Gasteiger partial charge in [0.05, 0.1) is 0 Å². The number of allylic oxidation sites excluding steroid dienone is 2. The van der Waals surface area contributed by atoms with Gasteiger partial charge in [0.1, 0.15) is 0 Å². The molecule has 1 nitrogen and oxygen atoms in total. The van der Waals surface area contributed by atoms with E-state index in [2.05, 4.69) is 59.9 Å². The van der Waals surface area contributed by atoms with Crippen molar-refractivity contribution < 1.29 is 4.79 Å². The summed E-state index contributed by atoms with van der Waals surface area (Å²) in [5.74, 6) is 0. The summed E-state index contributed by atoms with van der Waals surface area (Å²) in [6.45, 7) is 0. The molecule has 0 atom stereocenters. The Kier molecular flexibility index (Phi) is 6.54. The third-order valence-corrected chi connectivity index (χ3v) is 5.18. The van der Waals surface area contributed by atoms with Crippen molar-refractivity contribution in [2.75, 3.05) is 0 Å². The first-order valence-corrected chi connectivity index (χ1v) is 7.16. The molecule has 4 heteroatoms. The number of rotatable bonds is 5. The molecule has 0 spiro atoms. The van der Waals surface area contributed by atoms with Crippen molar-refractivity contribution in [3.05, 3.63) is 43.3 Å². The molecule has 0 bridgehead atoms. The molecule has 0 saturated carbocycles. The third-order valence-electron chi connectivity index (χ3n) is 2.01. The molecule has 0 amide bonds. The minimum atomic E-state index is 0.383. The molecule has 1 rings (SSSR count). The number of benzene rings is 1. The Morgan fingerprint density at radius 1 is 1.12 bits per heavy atom. The number of aryl methyl sites for hydroxylation is 1. The normalized spacial score (nSPS) is 10.9. The number of carbonyl (C=O) groups excluding carboxylic acids is 1. The maximum Gasteiger partial charge on any atom is 0.202 e. The van der Waals surface area contributed by atoms with Gasteiger partial charge in [-0.15, -0.1) is 0 Å². The molecule has 0 saturated heterocycles. The van der Waals surface area contributed by atoms with Gasteiger partial charge in [-0.05, 0) is 78.3 Å². The summed E-state index contributed by atoms with van der Waals surface area (Å²) < 4.78 is 3.12. The molecule has 0 heterocycles. The van der Waals surface area contributed by atoms with Gasteiger partial charge in [0.25, 0.3) is 0 Å². The SMILES string of the molecule is O=[C]CC=CCCc1cc(Br)c(Br)c(Br)c1. The average molecular weight is 410 g/mol. The monoisotopic (exact) mass is 407 g/mol. The van der Waals surface area contributed by atoms with E-state index in [9.17, 15) is 4.79 Å². The maximum atomic E-state index is 9.97. The molecule has 0 fully saturated rings. The number of halogens is 3. The zero-order chi connectivity index (χ0) is 12.0. The fourth-order valence-corrected chi connectivity index (χ4v) is 2.76. The van der Waals surface area contributed by atoms with Gasteiger partial charge >= 0.3 is 0 Å². The Bertz CT molecular complexity index is 376. The molecule has 0 aliphatic carbocycles. The van der Waals surface area contributed by atoms with E-state index in [-0.39, 0.29) is 0 Å². The number of hydrogen-bond donors (Lipinski definition) is 0. The highest BCUT2D eigenvalue weighted by molar-refractivity contribution is 9.14. The Morgan fingerprint density at radius 2 is 1.75 bits per heavy atom. The van der Waals surface area contributed by atoms with Crippen LogP contribution in [0, 0.1) is 0 Å². The third kappa shape index (κ3) is 4.52. The average Bonchev–Trinajstić information content (AvgIpc) is 2.25. The van der Waals surface area contributed by atoms with E-state index < -0.39 is 0 Å². The second kappa shape index (κ2) is 7.41. The van der Waals surface area contributed by atoms with Crippen LogP contribution in [-0.4, -0.2) is 6.29 Å². The summed E-state index contributed by atoms with van der Waals surface area (Å²) in [5, 5.41) is 0. The van der Waals surface area contributed by atoms with Gasteiger partial charge in [-0.1, -0.05) is 12.2 Å². The molecule has 0 aliphatic rings. The number of hydrogen-bond acceptors (Lipinski definition) is 1. The van der Waals surface area contributed by atoms with Gasteiger partial charge in [-0.2, -0.15) is 0 Å². The maximum absolute atomic E-state index is 9.97. The van der Waals surface area contributed by atoms with Crippen molar-refractivity contribution in [2.45, 2.75) is 19.3 Å². The van der Waals surface area contributed by atoms with Gasteiger partial charge in [0.15, 0.2) is 0 Å². The topological polar surface area (TPSA) is 17.1 Å². The van der Waals surface area contributed by atoms with Gasteiger partial charge in [0, 0.05) is 19.8 Å². The highest BCUT2D eigenvalue weighted by Crippen LogP contribution is 2.32. The van der Waals surface area contributed by atoms with Crippen molar-refractivity contribution in [1.82, 2.24) is 0 Å². The zero-order valence-corrected chi connectivity index (χ0v) is 13.2. The van der Waals surface area contributed by atoms with Crippen molar-refractivity contribution in [2.24, 2.45) is 0 Å². The molecular weight excluding hydrogens is 400 g/mol. The second-order valence-electron chi connectivity index (χ2n) is 3.23. The molecule has 85 valence electrons. The van der Waals surface area contributed by atoms with Crippen molar-refractivity contribution >= 4 is 54.1 Å². The van der Waals surface area contributed by atoms with Crippen LogP contribution in [0.2, 0.25) is 0 Å². The smallest absolute Gasteiger partial charge is 0.202 e. The highest BCUT2D eigenvalue weighted by atomic mass is 79.9. The molecule has 1 aromatic rings. The van der Waals surface area contributed by atoms with Crippen LogP contribution in [0.3, 0.4) is 0 Å². The molecule has 1 radical (unpaired) electrons. The van der Waals surface area contributed by atoms with E-state index in [1.165, 1.54) is 5.56 Å². The predicted octanol–water partition coefficient (Wildman–Crippen LogP) is 4.96. The van der Waals surface area contributed by atoms with E-state index in [1.54, 1.807) is 0 Å². The fourth-order valence-electron chi connectivity index (χ4n) is 1.25. The van der Waals surface area contributed by atoms with Gasteiger partial charge < -0.3 is 0 Å². The lowest BCUT2D eigenvalue weighted by Gasteiger charge is -2.04. The highest BCUT2D eigenvalue weighted by Gasteiger charge is 2.03. The van der Waals surface area contributed by atoms with Gasteiger partial charge in [-0.25, -0.2) is 0 Å². The minimum absolute atomic E-state index is 0.383. The summed E-state index contributed by atoms with van der Waals surface area (Å²) in [7, 11) is 0. The molecule has 0 aromatic heterocycles. The summed E-state index contributed by atoms with van der Waals surface area (Å²) in [6, 6.07) is 4.18. The van der Waals surface area contributed by atoms with Crippen LogP contribution in [0.5, 0.6) is 0 Å². The van der Waals surface area contributed by atoms with Crippen molar-refractivity contribution in [3.8, 4) is 0 Å². The Hall–Kier alpha value is 0.0700. The minimum Gasteiger partial charge on any atom is -0.291 e. The Labute approximate surface area is 121 Å². The molecule has 16 heavy (non-hydrogen) atoms. The molecule has 0 aliphatic heterocycles. The van der Waals surface area contributed by atoms with Crippen LogP contribution >= 0.6 is 47.8 Å². The van der Waals surface area contributed by atoms with E-state index in [1.807, 2.05) is 18.4 Å². The van der Waals surface area contributed by atoms with Gasteiger partial charge in [0.2, 0.25) is 6.29 Å². The van der Waals surface area contributed by atoms with E-state index >= 15 is 0 Å². The van der Waals surface area contributed by atoms with E-state index in [0.717, 1.165) is 26.3 Å². The van der Waals surface area contributed by atoms with Crippen molar-refractivity contribution in [1.29, 1.82) is 0 Å². The predicted molar refractivity (Wildman–Crippen MR) is 77.3 cm³/mol. The van der Waals surface area contributed by atoms with Crippen molar-refractivity contribution in [3.63, 3.8) is 0 Å². The van der Waals surface area contributed by atoms with Gasteiger partial charge in [-0.3, -0.25) is 4.79 Å². The zero-order valence-electron chi connectivity index (χ0n) is 8.47. The fraction of sp³-hybridized carbons (Fsp3) is 0.250. The standard InChI is InChI=1S/C12H10Br3O/c13-10-7-9(8-11(14)12(10)15)5-3-1-2-4-6-16/h1-2,7-8H,3-5H2. The van der Waals surface area contributed by atoms with Crippen LogP contribution < -0.4 is 0 Å². The van der Waals surface area contributed by atoms with Crippen LogP contribution in [0.15, 0.2) is 37.7 Å². The first-order chi connectivity index (χ1) is 7.65. The summed E-state index contributed by atoms with van der Waals surface area (Å²) in [6.07, 6.45) is 7.96. The lowest BCUT2D eigenvalue weighted by Crippen LogP contribution is -1.85. The van der Waals surface area contributed by atoms with E-state index in [4.69, 9.17) is 0 Å². The molecule has 0 N–H and O–H groups in total.